The highest BCUT2D eigenvalue weighted by molar-refractivity contribution is 5.83. The summed E-state index contributed by atoms with van der Waals surface area (Å²) in [5.41, 5.74) is 11.9. The highest BCUT2D eigenvalue weighted by Gasteiger charge is 2.36. The van der Waals surface area contributed by atoms with E-state index in [1.807, 2.05) is 31.2 Å². The molecule has 13 nitrogen and oxygen atoms in total. The summed E-state index contributed by atoms with van der Waals surface area (Å²) in [5, 5.41) is 22.5. The van der Waals surface area contributed by atoms with E-state index in [1.54, 1.807) is 9.47 Å². The average molecular weight is 656 g/mol. The van der Waals surface area contributed by atoms with Crippen LogP contribution in [0, 0.1) is 5.92 Å². The van der Waals surface area contributed by atoms with E-state index in [9.17, 15) is 19.8 Å². The minimum absolute atomic E-state index is 0.0132. The van der Waals surface area contributed by atoms with Crippen molar-refractivity contribution in [3.05, 3.63) is 71.8 Å². The monoisotopic (exact) mass is 655 g/mol. The van der Waals surface area contributed by atoms with E-state index in [4.69, 9.17) is 20.2 Å². The first-order chi connectivity index (χ1) is 23.3. The number of hydrogen-bond donors (Lipinski definition) is 4. The van der Waals surface area contributed by atoms with Crippen LogP contribution in [0.25, 0.3) is 22.3 Å². The molecular formula is C35H41N7O6. The van der Waals surface area contributed by atoms with Crippen molar-refractivity contribution in [2.24, 2.45) is 5.92 Å². The van der Waals surface area contributed by atoms with Gasteiger partial charge in [-0.1, -0.05) is 48.5 Å². The number of nitrogens with two attached hydrogens (primary N) is 1. The smallest absolute Gasteiger partial charge is 0.410 e. The van der Waals surface area contributed by atoms with E-state index >= 15 is 0 Å². The van der Waals surface area contributed by atoms with Crippen molar-refractivity contribution in [1.82, 2.24) is 29.7 Å². The second-order valence-corrected chi connectivity index (χ2v) is 13.0. The van der Waals surface area contributed by atoms with Crippen molar-refractivity contribution in [2.75, 3.05) is 25.4 Å². The Morgan fingerprint density at radius 3 is 2.33 bits per heavy atom. The van der Waals surface area contributed by atoms with Crippen molar-refractivity contribution in [3.63, 3.8) is 0 Å². The van der Waals surface area contributed by atoms with Crippen LogP contribution >= 0.6 is 0 Å². The van der Waals surface area contributed by atoms with Gasteiger partial charge >= 0.3 is 6.09 Å². The largest absolute Gasteiger partial charge is 0.445 e. The molecule has 13 heteroatoms. The quantitative estimate of drug-likeness (QED) is 0.188. The second kappa shape index (κ2) is 13.5. The van der Waals surface area contributed by atoms with Gasteiger partial charge in [-0.3, -0.25) is 9.36 Å². The maximum atomic E-state index is 13.3. The number of nitrogen functional groups attached to an aromatic ring is 1. The number of carbonyl (C=O) groups excluding carboxylic acids is 2. The number of hydrogen-bond acceptors (Lipinski definition) is 10. The fourth-order valence-corrected chi connectivity index (χ4v) is 6.91. The first-order valence-electron chi connectivity index (χ1n) is 16.6. The van der Waals surface area contributed by atoms with Gasteiger partial charge in [-0.15, -0.1) is 0 Å². The van der Waals surface area contributed by atoms with Crippen LogP contribution in [-0.2, 0) is 27.4 Å². The van der Waals surface area contributed by atoms with Gasteiger partial charge in [0.25, 0.3) is 5.91 Å². The Kier molecular flexibility index (Phi) is 8.99. The number of ether oxygens (including phenoxy) is 2. The molecule has 1 aliphatic heterocycles. The van der Waals surface area contributed by atoms with Crippen molar-refractivity contribution in [3.8, 4) is 11.1 Å². The summed E-state index contributed by atoms with van der Waals surface area (Å²) in [4.78, 5) is 41.2. The minimum Gasteiger partial charge on any atom is -0.445 e. The van der Waals surface area contributed by atoms with E-state index in [0.29, 0.717) is 36.5 Å². The van der Waals surface area contributed by atoms with E-state index in [2.05, 4.69) is 39.6 Å². The van der Waals surface area contributed by atoms with Crippen molar-refractivity contribution in [2.45, 2.75) is 76.0 Å². The van der Waals surface area contributed by atoms with Crippen LogP contribution in [0.3, 0.4) is 0 Å². The number of imidazole rings is 1. The van der Waals surface area contributed by atoms with Gasteiger partial charge < -0.3 is 35.6 Å². The molecule has 5 N–H and O–H groups in total. The van der Waals surface area contributed by atoms with Gasteiger partial charge in [0.2, 0.25) is 0 Å². The summed E-state index contributed by atoms with van der Waals surface area (Å²) in [7, 11) is 0. The van der Waals surface area contributed by atoms with Crippen LogP contribution in [0.15, 0.2) is 54.9 Å². The fraction of sp³-hybridized carbons (Fsp3) is 0.457. The molecule has 2 unspecified atom stereocenters. The number of nitrogens with zero attached hydrogens (tertiary/aromatic N) is 5. The predicted molar refractivity (Wildman–Crippen MR) is 177 cm³/mol. The van der Waals surface area contributed by atoms with Crippen molar-refractivity contribution < 1.29 is 29.3 Å². The summed E-state index contributed by atoms with van der Waals surface area (Å²) >= 11 is 0. The molecule has 3 aliphatic rings. The lowest BCUT2D eigenvalue weighted by Gasteiger charge is -2.33. The number of fused-ring (bicyclic) bond motifs is 4. The van der Waals surface area contributed by atoms with Gasteiger partial charge in [-0.25, -0.2) is 19.7 Å². The zero-order valence-corrected chi connectivity index (χ0v) is 26.9. The number of aromatic nitrogens is 4. The number of rotatable bonds is 11. The number of piperidine rings is 1. The molecule has 2 aliphatic carbocycles. The van der Waals surface area contributed by atoms with Crippen LogP contribution in [0.5, 0.6) is 0 Å². The average Bonchev–Trinajstić information content (AvgIpc) is 3.71. The Hall–Kier alpha value is -4.59. The first-order valence-corrected chi connectivity index (χ1v) is 16.6. The molecule has 0 bridgehead atoms. The molecule has 3 heterocycles. The summed E-state index contributed by atoms with van der Waals surface area (Å²) in [5.74, 6) is 0.531. The zero-order chi connectivity index (χ0) is 33.4. The Morgan fingerprint density at radius 1 is 1.02 bits per heavy atom. The number of aliphatic hydroxyl groups excluding tert-OH is 2. The standard InChI is InChI=1S/C35H41N7O6/c1-20(29-25-8-4-2-6-23(25)24-7-3-5-9-26(24)29)48-35(46)41-14-12-21(13-15-41)16-28-39-32(36)30-33(40-28)42(18-37-30)19-47-31(27(44)17-43)34(45)38-22-10-11-22/h2-9,18,20-22,27,29,31,43-44H,10-17,19H2,1H3,(H,38,45)(H2,36,39,40)/t20?,27?,31-/m0/s1. The maximum Gasteiger partial charge on any atom is 0.410 e. The summed E-state index contributed by atoms with van der Waals surface area (Å²) in [6.07, 6.45) is 2.09. The third kappa shape index (κ3) is 6.45. The molecule has 3 atom stereocenters. The molecule has 2 aromatic heterocycles. The number of likely N-dealkylation sites (tertiary alicyclic amines) is 1. The highest BCUT2D eigenvalue weighted by atomic mass is 16.6. The Morgan fingerprint density at radius 2 is 1.69 bits per heavy atom. The lowest BCUT2D eigenvalue weighted by molar-refractivity contribution is -0.147. The third-order valence-corrected chi connectivity index (χ3v) is 9.63. The second-order valence-electron chi connectivity index (χ2n) is 13.0. The van der Waals surface area contributed by atoms with Gasteiger partial charge in [-0.2, -0.15) is 0 Å². The van der Waals surface area contributed by atoms with Crippen molar-refractivity contribution >= 4 is 29.0 Å². The molecule has 1 saturated carbocycles. The van der Waals surface area contributed by atoms with E-state index in [1.165, 1.54) is 28.6 Å². The van der Waals surface area contributed by atoms with Crippen LogP contribution < -0.4 is 11.1 Å². The zero-order valence-electron chi connectivity index (χ0n) is 26.9. The molecule has 2 amide bonds. The SMILES string of the molecule is CC(OC(=O)N1CCC(Cc2nc(N)c3ncn(CO[C@H](C(=O)NC4CC4)C(O)CO)c3n2)CC1)C1c2ccccc2-c2ccccc21. The van der Waals surface area contributed by atoms with Gasteiger partial charge in [0.1, 0.15) is 30.3 Å². The van der Waals surface area contributed by atoms with Crippen LogP contribution in [-0.4, -0.2) is 90.7 Å². The third-order valence-electron chi connectivity index (χ3n) is 9.63. The van der Waals surface area contributed by atoms with Gasteiger partial charge in [-0.05, 0) is 60.8 Å². The molecule has 48 heavy (non-hydrogen) atoms. The molecule has 252 valence electrons. The topological polar surface area (TPSA) is 178 Å². The molecule has 1 saturated heterocycles. The van der Waals surface area contributed by atoms with Crippen LogP contribution in [0.4, 0.5) is 10.6 Å². The Balaban J connectivity index is 0.959. The van der Waals surface area contributed by atoms with E-state index in [-0.39, 0.29) is 42.6 Å². The van der Waals surface area contributed by atoms with Gasteiger partial charge in [0.15, 0.2) is 17.6 Å². The van der Waals surface area contributed by atoms with Crippen LogP contribution in [0.1, 0.15) is 55.5 Å². The van der Waals surface area contributed by atoms with Crippen LogP contribution in [0.2, 0.25) is 0 Å². The van der Waals surface area contributed by atoms with E-state index in [0.717, 1.165) is 25.7 Å². The summed E-state index contributed by atoms with van der Waals surface area (Å²) < 4.78 is 13.4. The number of carbonyl (C=O) groups is 2. The maximum absolute atomic E-state index is 13.3. The normalized spacial score (nSPS) is 18.3. The van der Waals surface area contributed by atoms with Gasteiger partial charge in [0, 0.05) is 31.5 Å². The lowest BCUT2D eigenvalue weighted by Crippen LogP contribution is -2.46. The molecule has 7 rings (SSSR count). The number of benzene rings is 2. The molecular weight excluding hydrogens is 614 g/mol. The molecule has 2 aromatic carbocycles. The van der Waals surface area contributed by atoms with Crippen molar-refractivity contribution in [1.29, 1.82) is 0 Å². The summed E-state index contributed by atoms with van der Waals surface area (Å²) in [6.45, 7) is 2.35. The Labute approximate surface area is 278 Å². The highest BCUT2D eigenvalue weighted by Crippen LogP contribution is 2.46. The molecule has 4 aromatic rings. The fourth-order valence-electron chi connectivity index (χ4n) is 6.91. The number of nitrogens with one attached hydrogen (secondary N) is 1. The lowest BCUT2D eigenvalue weighted by atomic mass is 9.92. The van der Waals surface area contributed by atoms with Gasteiger partial charge in [0.05, 0.1) is 12.9 Å². The number of amides is 2. The minimum atomic E-state index is -1.38. The number of aliphatic hydroxyl groups is 2. The molecule has 0 radical (unpaired) electrons. The molecule has 2 fully saturated rings. The van der Waals surface area contributed by atoms with E-state index < -0.39 is 24.7 Å². The summed E-state index contributed by atoms with van der Waals surface area (Å²) in [6, 6.07) is 16.7. The molecule has 0 spiro atoms. The predicted octanol–water partition coefficient (Wildman–Crippen LogP) is 2.98. The first kappa shape index (κ1) is 32.0. The number of anilines is 1. The Bertz CT molecular complexity index is 1760.